The molecule has 1 heterocycles. The van der Waals surface area contributed by atoms with Crippen LogP contribution in [0.25, 0.3) is 0 Å². The van der Waals surface area contributed by atoms with E-state index in [-0.39, 0.29) is 18.0 Å². The van der Waals surface area contributed by atoms with E-state index in [1.54, 1.807) is 24.3 Å². The Morgan fingerprint density at radius 3 is 2.57 bits per heavy atom. The highest BCUT2D eigenvalue weighted by atomic mass is 79.9. The molecule has 2 rings (SSSR count). The molecule has 0 amide bonds. The highest BCUT2D eigenvalue weighted by molar-refractivity contribution is 9.10. The maximum absolute atomic E-state index is 10.6. The van der Waals surface area contributed by atoms with E-state index in [4.69, 9.17) is 9.84 Å². The first kappa shape index (κ1) is 14.9. The number of aromatic nitrogens is 1. The second kappa shape index (κ2) is 6.31. The van der Waals surface area contributed by atoms with E-state index in [1.807, 2.05) is 0 Å². The van der Waals surface area contributed by atoms with Crippen LogP contribution in [-0.4, -0.2) is 21.0 Å². The lowest BCUT2D eigenvalue weighted by atomic mass is 10.1. The molecule has 0 aliphatic carbocycles. The largest absolute Gasteiger partial charge is 0.481 e. The maximum atomic E-state index is 10.6. The van der Waals surface area contributed by atoms with Crippen LogP contribution in [0.3, 0.4) is 0 Å². The summed E-state index contributed by atoms with van der Waals surface area (Å²) in [6, 6.07) is 7.76. The Balaban J connectivity index is 2.14. The third-order valence-corrected chi connectivity index (χ3v) is 3.07. The minimum Gasteiger partial charge on any atom is -0.481 e. The average Bonchev–Trinajstić information content (AvgIpc) is 2.42. The van der Waals surface area contributed by atoms with Crippen LogP contribution in [0, 0.1) is 10.1 Å². The normalized spacial score (nSPS) is 10.1. The van der Waals surface area contributed by atoms with Crippen LogP contribution < -0.4 is 4.74 Å². The van der Waals surface area contributed by atoms with Gasteiger partial charge in [0.1, 0.15) is 11.9 Å². The van der Waals surface area contributed by atoms with Crippen molar-refractivity contribution in [2.45, 2.75) is 6.42 Å². The summed E-state index contributed by atoms with van der Waals surface area (Å²) in [6.45, 7) is 0. The van der Waals surface area contributed by atoms with Gasteiger partial charge in [0, 0.05) is 6.07 Å². The predicted octanol–water partition coefficient (Wildman–Crippen LogP) is 3.17. The maximum Gasteiger partial charge on any atom is 0.307 e. The summed E-state index contributed by atoms with van der Waals surface area (Å²) in [5.41, 5.74) is 0.497. The summed E-state index contributed by atoms with van der Waals surface area (Å²) >= 11 is 3.15. The fourth-order valence-corrected chi connectivity index (χ4v) is 1.97. The Hall–Kier alpha value is -2.48. The summed E-state index contributed by atoms with van der Waals surface area (Å²) in [4.78, 5) is 24.5. The van der Waals surface area contributed by atoms with Crippen LogP contribution in [0.1, 0.15) is 5.56 Å². The second-order valence-corrected chi connectivity index (χ2v) is 4.91. The fourth-order valence-electron chi connectivity index (χ4n) is 1.55. The molecule has 0 atom stereocenters. The van der Waals surface area contributed by atoms with Gasteiger partial charge in [0.15, 0.2) is 0 Å². The van der Waals surface area contributed by atoms with Crippen molar-refractivity contribution >= 4 is 27.6 Å². The molecular weight excluding hydrogens is 344 g/mol. The number of carboxylic acid groups (broad SMARTS) is 1. The Kier molecular flexibility index (Phi) is 4.49. The molecule has 8 heteroatoms. The van der Waals surface area contributed by atoms with Crippen molar-refractivity contribution in [3.63, 3.8) is 0 Å². The van der Waals surface area contributed by atoms with Crippen molar-refractivity contribution in [2.75, 3.05) is 0 Å². The predicted molar refractivity (Wildman–Crippen MR) is 76.4 cm³/mol. The molecule has 0 aliphatic rings. The second-order valence-electron chi connectivity index (χ2n) is 4.05. The standard InChI is InChI=1S/C13H9BrN2O5/c14-11-6-9(16(19)20)7-15-13(11)21-10-3-1-8(2-4-10)5-12(17)18/h1-4,6-7H,5H2,(H,17,18). The quantitative estimate of drug-likeness (QED) is 0.654. The highest BCUT2D eigenvalue weighted by Gasteiger charge is 2.12. The van der Waals surface area contributed by atoms with Crippen molar-refractivity contribution in [3.8, 4) is 11.6 Å². The van der Waals surface area contributed by atoms with Crippen LogP contribution in [0.2, 0.25) is 0 Å². The topological polar surface area (TPSA) is 103 Å². The number of nitro groups is 1. The smallest absolute Gasteiger partial charge is 0.307 e. The van der Waals surface area contributed by atoms with E-state index in [2.05, 4.69) is 20.9 Å². The van der Waals surface area contributed by atoms with Gasteiger partial charge in [-0.15, -0.1) is 0 Å². The van der Waals surface area contributed by atoms with E-state index in [0.29, 0.717) is 15.8 Å². The molecule has 0 radical (unpaired) electrons. The molecular formula is C13H9BrN2O5. The van der Waals surface area contributed by atoms with Gasteiger partial charge in [0.25, 0.3) is 5.69 Å². The highest BCUT2D eigenvalue weighted by Crippen LogP contribution is 2.30. The number of hydrogen-bond donors (Lipinski definition) is 1. The Morgan fingerprint density at radius 2 is 2.05 bits per heavy atom. The first-order valence-electron chi connectivity index (χ1n) is 5.74. The number of nitrogens with zero attached hydrogens (tertiary/aromatic N) is 2. The summed E-state index contributed by atoms with van der Waals surface area (Å²) in [5.74, 6) is -0.277. The Bertz CT molecular complexity index is 687. The monoisotopic (exact) mass is 352 g/mol. The van der Waals surface area contributed by atoms with E-state index < -0.39 is 10.9 Å². The van der Waals surface area contributed by atoms with Gasteiger partial charge in [-0.3, -0.25) is 14.9 Å². The summed E-state index contributed by atoms with van der Waals surface area (Å²) in [5, 5.41) is 19.3. The molecule has 7 nitrogen and oxygen atoms in total. The molecule has 0 aliphatic heterocycles. The van der Waals surface area contributed by atoms with Crippen molar-refractivity contribution in [1.29, 1.82) is 0 Å². The molecule has 108 valence electrons. The van der Waals surface area contributed by atoms with Crippen LogP contribution >= 0.6 is 15.9 Å². The first-order valence-corrected chi connectivity index (χ1v) is 6.53. The molecule has 0 unspecified atom stereocenters. The number of benzene rings is 1. The lowest BCUT2D eigenvalue weighted by molar-refractivity contribution is -0.385. The molecule has 1 aromatic carbocycles. The number of pyridine rings is 1. The van der Waals surface area contributed by atoms with Crippen LogP contribution in [-0.2, 0) is 11.2 Å². The van der Waals surface area contributed by atoms with Crippen LogP contribution in [0.15, 0.2) is 41.0 Å². The Morgan fingerprint density at radius 1 is 1.38 bits per heavy atom. The number of ether oxygens (including phenoxy) is 1. The third kappa shape index (κ3) is 3.99. The zero-order valence-corrected chi connectivity index (χ0v) is 12.1. The van der Waals surface area contributed by atoms with Gasteiger partial charge in [-0.25, -0.2) is 4.98 Å². The van der Waals surface area contributed by atoms with Gasteiger partial charge in [-0.05, 0) is 33.6 Å². The van der Waals surface area contributed by atoms with Crippen LogP contribution in [0.5, 0.6) is 11.6 Å². The molecule has 1 aromatic heterocycles. The molecule has 0 fully saturated rings. The number of rotatable bonds is 5. The molecule has 0 saturated carbocycles. The average molecular weight is 353 g/mol. The zero-order chi connectivity index (χ0) is 15.4. The molecule has 0 spiro atoms. The van der Waals surface area contributed by atoms with Gasteiger partial charge < -0.3 is 9.84 Å². The Labute approximate surface area is 127 Å². The summed E-state index contributed by atoms with van der Waals surface area (Å²) in [6.07, 6.45) is 1.03. The molecule has 2 aromatic rings. The van der Waals surface area contributed by atoms with Crippen molar-refractivity contribution in [3.05, 3.63) is 56.7 Å². The number of carbonyl (C=O) groups is 1. The van der Waals surface area contributed by atoms with E-state index in [0.717, 1.165) is 6.20 Å². The van der Waals surface area contributed by atoms with Gasteiger partial charge in [-0.1, -0.05) is 12.1 Å². The molecule has 1 N–H and O–H groups in total. The van der Waals surface area contributed by atoms with Crippen molar-refractivity contribution in [2.24, 2.45) is 0 Å². The third-order valence-electron chi connectivity index (χ3n) is 2.50. The van der Waals surface area contributed by atoms with Gasteiger partial charge >= 0.3 is 5.97 Å². The van der Waals surface area contributed by atoms with E-state index >= 15 is 0 Å². The number of aliphatic carboxylic acids is 1. The van der Waals surface area contributed by atoms with E-state index in [1.165, 1.54) is 6.07 Å². The van der Waals surface area contributed by atoms with E-state index in [9.17, 15) is 14.9 Å². The number of carboxylic acids is 1. The number of halogens is 1. The minimum absolute atomic E-state index is 0.0697. The number of hydrogen-bond acceptors (Lipinski definition) is 5. The lowest BCUT2D eigenvalue weighted by Crippen LogP contribution is -1.99. The van der Waals surface area contributed by atoms with Gasteiger partial charge in [0.05, 0.1) is 15.8 Å². The van der Waals surface area contributed by atoms with Gasteiger partial charge in [-0.2, -0.15) is 0 Å². The zero-order valence-electron chi connectivity index (χ0n) is 10.5. The molecule has 0 saturated heterocycles. The summed E-state index contributed by atoms with van der Waals surface area (Å²) < 4.78 is 5.83. The van der Waals surface area contributed by atoms with Crippen molar-refractivity contribution in [1.82, 2.24) is 4.98 Å². The molecule has 21 heavy (non-hydrogen) atoms. The minimum atomic E-state index is -0.913. The first-order chi connectivity index (χ1) is 9.95. The molecule has 0 bridgehead atoms. The van der Waals surface area contributed by atoms with Crippen molar-refractivity contribution < 1.29 is 19.6 Å². The SMILES string of the molecule is O=C(O)Cc1ccc(Oc2ncc([N+](=O)[O-])cc2Br)cc1. The van der Waals surface area contributed by atoms with Gasteiger partial charge in [0.2, 0.25) is 5.88 Å². The lowest BCUT2D eigenvalue weighted by Gasteiger charge is -2.06. The fraction of sp³-hybridized carbons (Fsp3) is 0.0769. The van der Waals surface area contributed by atoms with Crippen LogP contribution in [0.4, 0.5) is 5.69 Å². The summed E-state index contributed by atoms with van der Waals surface area (Å²) in [7, 11) is 0.